The summed E-state index contributed by atoms with van der Waals surface area (Å²) in [4.78, 5) is 92.2. The summed E-state index contributed by atoms with van der Waals surface area (Å²) < 4.78 is 56.3. The minimum atomic E-state index is -1.53. The summed E-state index contributed by atoms with van der Waals surface area (Å²) in [5.74, 6) is -3.67. The molecule has 0 bridgehead atoms. The lowest BCUT2D eigenvalue weighted by Gasteiger charge is -2.42. The minimum absolute atomic E-state index is 0.0417. The van der Waals surface area contributed by atoms with Crippen molar-refractivity contribution in [2.75, 3.05) is 119 Å². The molecule has 1 saturated carbocycles. The second kappa shape index (κ2) is 40.8. The van der Waals surface area contributed by atoms with E-state index in [1.807, 2.05) is 0 Å². The highest BCUT2D eigenvalue weighted by Crippen LogP contribution is 2.28. The summed E-state index contributed by atoms with van der Waals surface area (Å²) in [7, 11) is 1.66. The molecule has 0 aromatic heterocycles. The van der Waals surface area contributed by atoms with E-state index in [2.05, 4.69) is 37.2 Å². The van der Waals surface area contributed by atoms with Crippen molar-refractivity contribution in [3.05, 3.63) is 35.4 Å². The summed E-state index contributed by atoms with van der Waals surface area (Å²) in [6, 6.07) is 2.36. The van der Waals surface area contributed by atoms with Gasteiger partial charge in [0.1, 0.15) is 73.1 Å². The van der Waals surface area contributed by atoms with Gasteiger partial charge in [0.25, 0.3) is 0 Å². The Kier molecular flexibility index (Phi) is 34.4. The first-order chi connectivity index (χ1) is 44.1. The van der Waals surface area contributed by atoms with Crippen LogP contribution in [0.1, 0.15) is 57.6 Å². The van der Waals surface area contributed by atoms with E-state index in [1.165, 1.54) is 25.7 Å². The zero-order valence-corrected chi connectivity index (χ0v) is 52.4. The van der Waals surface area contributed by atoms with Gasteiger partial charge in [-0.3, -0.25) is 38.5 Å². The maximum absolute atomic E-state index is 14.5. The number of benzene rings is 1. The highest BCUT2D eigenvalue weighted by Gasteiger charge is 2.48. The molecule has 16 N–H and O–H groups in total. The van der Waals surface area contributed by atoms with Crippen LogP contribution in [0.2, 0.25) is 0 Å². The summed E-state index contributed by atoms with van der Waals surface area (Å²) in [5, 5.41) is 110. The number of rotatable bonds is 39. The molecule has 0 radical (unpaired) electrons. The Morgan fingerprint density at radius 1 is 0.500 bits per heavy atom. The van der Waals surface area contributed by atoms with Crippen molar-refractivity contribution >= 4 is 41.4 Å². The van der Waals surface area contributed by atoms with Gasteiger partial charge in [0.05, 0.1) is 105 Å². The van der Waals surface area contributed by atoms with Gasteiger partial charge in [-0.1, -0.05) is 24.3 Å². The third-order valence-electron chi connectivity index (χ3n) is 15.7. The molecule has 4 fully saturated rings. The van der Waals surface area contributed by atoms with Crippen LogP contribution >= 0.6 is 0 Å². The molecule has 1 aliphatic carbocycles. The fourth-order valence-electron chi connectivity index (χ4n) is 10.8. The molecule has 16 atom stereocenters. The number of ether oxygens (including phenoxy) is 10. The number of carbonyl (C=O) groups excluding carboxylic acids is 7. The molecule has 1 aromatic carbocycles. The first-order valence-corrected chi connectivity index (χ1v) is 30.8. The molecule has 3 saturated heterocycles. The average molecular weight is 1320 g/mol. The number of hydrogen-bond donors (Lipinski definition) is 16. The normalized spacial score (nSPS) is 29.3. The van der Waals surface area contributed by atoms with Crippen LogP contribution in [-0.4, -0.2) is 315 Å². The van der Waals surface area contributed by atoms with Crippen molar-refractivity contribution in [2.24, 2.45) is 5.92 Å². The molecule has 3 aliphatic heterocycles. The standard InChI is InChI=1S/C58H96N8O26/c1-32(70)63-45-51(78)48(75)40(29-67)90-56(45)87-22-19-84-16-13-59-43(73)27-66(28-44(74)60-14-17-85-20-23-88-57-46(64-33(2)71)52(79)49(76)41(30-68)91-57)39(25-35-5-7-36(8-6-35)26-62-54(81)37-9-11-38(83-4)12-10-37)55(82)61-15-18-86-21-24-89-58-47(65-34(3)72)53(80)50(77)42(31-69)92-58/h5-8,37-42,45-53,56-58,67-69,75-80H,9-31H2,1-4H3,(H,59,73)(H,60,74)(H,61,82)(H,62,81)(H,63,70)(H,64,71)(H,65,72)/t37-,38+,39?,40?,41?,42?,45?,46?,47?,48?,49?,50?,51?,52?,53?,56?,57?,58?. The Morgan fingerprint density at radius 2 is 0.870 bits per heavy atom. The molecule has 3 heterocycles. The van der Waals surface area contributed by atoms with Crippen molar-refractivity contribution in [1.82, 2.24) is 42.1 Å². The highest BCUT2D eigenvalue weighted by atomic mass is 16.7. The quantitative estimate of drug-likeness (QED) is 0.0272. The Hall–Kier alpha value is -5.29. The third kappa shape index (κ3) is 25.1. The van der Waals surface area contributed by atoms with E-state index in [1.54, 1.807) is 31.4 Å². The predicted octanol–water partition coefficient (Wildman–Crippen LogP) is -8.00. The molecule has 92 heavy (non-hydrogen) atoms. The molecule has 7 amide bonds. The van der Waals surface area contributed by atoms with Crippen molar-refractivity contribution < 1.29 is 127 Å². The van der Waals surface area contributed by atoms with Gasteiger partial charge in [0.2, 0.25) is 41.4 Å². The second-order valence-electron chi connectivity index (χ2n) is 22.6. The lowest BCUT2D eigenvalue weighted by molar-refractivity contribution is -0.272. The monoisotopic (exact) mass is 1320 g/mol. The van der Waals surface area contributed by atoms with Gasteiger partial charge in [0, 0.05) is 60.0 Å². The molecule has 16 unspecified atom stereocenters. The van der Waals surface area contributed by atoms with Crippen LogP contribution in [0, 0.1) is 5.92 Å². The van der Waals surface area contributed by atoms with Crippen molar-refractivity contribution in [3.8, 4) is 0 Å². The second-order valence-corrected chi connectivity index (χ2v) is 22.6. The van der Waals surface area contributed by atoms with Crippen LogP contribution < -0.4 is 37.2 Å². The maximum Gasteiger partial charge on any atom is 0.237 e. The highest BCUT2D eigenvalue weighted by molar-refractivity contribution is 5.86. The SMILES string of the molecule is CO[C@H]1CC[C@@H](C(=O)NCc2ccc(CC(C(=O)NCCOCCOC3OC(CO)C(O)C(O)C3NC(C)=O)N(CC(=O)NCCOCCOC3OC(CO)C(O)C(O)C3NC(C)=O)CC(=O)NCCOCCOC3OC(CO)C(O)C(O)C3NC(C)=O)cc2)CC1. The van der Waals surface area contributed by atoms with Gasteiger partial charge in [-0.2, -0.15) is 0 Å². The summed E-state index contributed by atoms with van der Waals surface area (Å²) in [6.07, 6.45) is -13.5. The smallest absolute Gasteiger partial charge is 0.237 e. The van der Waals surface area contributed by atoms with Crippen LogP contribution in [0.25, 0.3) is 0 Å². The summed E-state index contributed by atoms with van der Waals surface area (Å²) in [6.45, 7) is -0.198. The van der Waals surface area contributed by atoms with E-state index in [0.717, 1.165) is 18.4 Å². The van der Waals surface area contributed by atoms with Crippen molar-refractivity contribution in [2.45, 2.75) is 163 Å². The van der Waals surface area contributed by atoms with E-state index in [0.29, 0.717) is 18.4 Å². The minimum Gasteiger partial charge on any atom is -0.394 e. The lowest BCUT2D eigenvalue weighted by Crippen LogP contribution is -2.64. The van der Waals surface area contributed by atoms with Crippen LogP contribution in [-0.2, 0) is 93.9 Å². The Balaban J connectivity index is 1.24. The van der Waals surface area contributed by atoms with Gasteiger partial charge in [-0.15, -0.1) is 0 Å². The van der Waals surface area contributed by atoms with Gasteiger partial charge in [0.15, 0.2) is 18.9 Å². The fraction of sp³-hybridized carbons (Fsp3) is 0.776. The third-order valence-corrected chi connectivity index (χ3v) is 15.7. The van der Waals surface area contributed by atoms with Gasteiger partial charge in [-0.25, -0.2) is 0 Å². The maximum atomic E-state index is 14.5. The molecular weight excluding hydrogens is 1220 g/mol. The molecule has 5 rings (SSSR count). The molecule has 34 nitrogen and oxygen atoms in total. The molecule has 4 aliphatic rings. The van der Waals surface area contributed by atoms with E-state index in [-0.39, 0.29) is 110 Å². The van der Waals surface area contributed by atoms with Gasteiger partial charge < -0.3 is 131 Å². The molecule has 524 valence electrons. The van der Waals surface area contributed by atoms with Crippen LogP contribution in [0.4, 0.5) is 0 Å². The lowest BCUT2D eigenvalue weighted by atomic mass is 9.87. The first-order valence-electron chi connectivity index (χ1n) is 30.8. The van der Waals surface area contributed by atoms with Gasteiger partial charge in [-0.05, 0) is 43.2 Å². The fourth-order valence-corrected chi connectivity index (χ4v) is 10.8. The summed E-state index contributed by atoms with van der Waals surface area (Å²) in [5.41, 5.74) is 1.39. The first kappa shape index (κ1) is 77.4. The number of carbonyl (C=O) groups is 7. The molecule has 1 aromatic rings. The zero-order valence-electron chi connectivity index (χ0n) is 52.4. The van der Waals surface area contributed by atoms with Crippen molar-refractivity contribution in [1.29, 1.82) is 0 Å². The molecule has 34 heteroatoms. The Bertz CT molecular complexity index is 2320. The number of nitrogens with one attached hydrogen (secondary N) is 7. The average Bonchev–Trinajstić information content (AvgIpc) is 1.24. The molecular formula is C58H96N8O26. The summed E-state index contributed by atoms with van der Waals surface area (Å²) >= 11 is 0. The van der Waals surface area contributed by atoms with Crippen LogP contribution in [0.3, 0.4) is 0 Å². The van der Waals surface area contributed by atoms with Crippen LogP contribution in [0.15, 0.2) is 24.3 Å². The number of amides is 7. The zero-order chi connectivity index (χ0) is 67.3. The number of aliphatic hydroxyl groups excluding tert-OH is 9. The Morgan fingerprint density at radius 3 is 1.23 bits per heavy atom. The molecule has 0 spiro atoms. The van der Waals surface area contributed by atoms with Crippen molar-refractivity contribution in [3.63, 3.8) is 0 Å². The van der Waals surface area contributed by atoms with E-state index < -0.39 is 166 Å². The van der Waals surface area contributed by atoms with Gasteiger partial charge >= 0.3 is 0 Å². The van der Waals surface area contributed by atoms with E-state index >= 15 is 0 Å². The Labute approximate surface area is 532 Å². The number of methoxy groups -OCH3 is 1. The topological polar surface area (TPSA) is 481 Å². The number of hydrogen-bond acceptors (Lipinski definition) is 27. The van der Waals surface area contributed by atoms with Crippen LogP contribution in [0.5, 0.6) is 0 Å². The van der Waals surface area contributed by atoms with E-state index in [4.69, 9.17) is 47.4 Å². The largest absolute Gasteiger partial charge is 0.394 e. The number of aliphatic hydroxyl groups is 9. The number of nitrogens with zero attached hydrogens (tertiary/aromatic N) is 1. The van der Waals surface area contributed by atoms with E-state index in [9.17, 15) is 79.5 Å². The predicted molar refractivity (Wildman–Crippen MR) is 316 cm³/mol.